The Balaban J connectivity index is 2.40. The quantitative estimate of drug-likeness (QED) is 0.578. The molecule has 1 unspecified atom stereocenters. The van der Waals surface area contributed by atoms with Crippen LogP contribution in [0.25, 0.3) is 0 Å². The molecule has 1 aliphatic rings. The van der Waals surface area contributed by atoms with Crippen molar-refractivity contribution >= 4 is 16.0 Å². The number of hydrogen-bond acceptors (Lipinski definition) is 4. The lowest BCUT2D eigenvalue weighted by atomic mass is 9.83. The third kappa shape index (κ3) is 3.15. The minimum atomic E-state index is -3.78. The summed E-state index contributed by atoms with van der Waals surface area (Å²) < 4.78 is 24.9. The van der Waals surface area contributed by atoms with Crippen LogP contribution < -0.4 is 4.72 Å². The fraction of sp³-hybridized carbons (Fsp3) is 0.875. The van der Waals surface area contributed by atoms with E-state index in [9.17, 15) is 13.2 Å². The van der Waals surface area contributed by atoms with Crippen molar-refractivity contribution in [1.29, 1.82) is 0 Å². The second kappa shape index (κ2) is 4.46. The molecular formula is C8H15NO5S. The Morgan fingerprint density at radius 3 is 2.47 bits per heavy atom. The number of carbonyl (C=O) groups is 1. The van der Waals surface area contributed by atoms with Gasteiger partial charge >= 0.3 is 5.97 Å². The minimum absolute atomic E-state index is 0.121. The van der Waals surface area contributed by atoms with Crippen molar-refractivity contribution in [1.82, 2.24) is 4.72 Å². The molecular weight excluding hydrogens is 222 g/mol. The zero-order valence-electron chi connectivity index (χ0n) is 8.38. The van der Waals surface area contributed by atoms with Gasteiger partial charge in [0.05, 0.1) is 6.10 Å². The average molecular weight is 237 g/mol. The van der Waals surface area contributed by atoms with Crippen LogP contribution >= 0.6 is 0 Å². The van der Waals surface area contributed by atoms with Crippen LogP contribution in [0.5, 0.6) is 0 Å². The molecule has 0 aliphatic heterocycles. The molecule has 88 valence electrons. The van der Waals surface area contributed by atoms with Crippen molar-refractivity contribution in [3.8, 4) is 0 Å². The molecule has 0 aromatic carbocycles. The van der Waals surface area contributed by atoms with Crippen molar-refractivity contribution in [2.45, 2.75) is 31.1 Å². The van der Waals surface area contributed by atoms with Crippen LogP contribution in [0.15, 0.2) is 0 Å². The third-order valence-corrected chi connectivity index (χ3v) is 4.30. The van der Waals surface area contributed by atoms with Crippen LogP contribution in [0.4, 0.5) is 0 Å². The summed E-state index contributed by atoms with van der Waals surface area (Å²) in [7, 11) is -3.78. The van der Waals surface area contributed by atoms with Crippen molar-refractivity contribution in [3.63, 3.8) is 0 Å². The standard InChI is InChI=1S/C8H15NO5S/c1-5(8(11)12)15(13,14)9-4-6-2-7(10)3-6/h5-7,9-10H,2-4H2,1H3,(H,11,12). The predicted molar refractivity (Wildman–Crippen MR) is 52.8 cm³/mol. The van der Waals surface area contributed by atoms with Crippen LogP contribution in [-0.2, 0) is 14.8 Å². The fourth-order valence-corrected chi connectivity index (χ4v) is 2.34. The molecule has 1 aliphatic carbocycles. The first-order valence-corrected chi connectivity index (χ1v) is 6.27. The summed E-state index contributed by atoms with van der Waals surface area (Å²) in [5, 5.41) is 16.1. The van der Waals surface area contributed by atoms with Gasteiger partial charge in [0.1, 0.15) is 0 Å². The Morgan fingerprint density at radius 2 is 2.07 bits per heavy atom. The Hall–Kier alpha value is -0.660. The Morgan fingerprint density at radius 1 is 1.53 bits per heavy atom. The highest BCUT2D eigenvalue weighted by atomic mass is 32.2. The number of aliphatic hydroxyl groups excluding tert-OH is 1. The van der Waals surface area contributed by atoms with E-state index in [2.05, 4.69) is 4.72 Å². The molecule has 3 N–H and O–H groups in total. The highest BCUT2D eigenvalue weighted by Crippen LogP contribution is 2.26. The van der Waals surface area contributed by atoms with E-state index in [1.807, 2.05) is 0 Å². The van der Waals surface area contributed by atoms with Gasteiger partial charge in [-0.25, -0.2) is 13.1 Å². The van der Waals surface area contributed by atoms with Gasteiger partial charge in [0, 0.05) is 6.54 Å². The summed E-state index contributed by atoms with van der Waals surface area (Å²) in [4.78, 5) is 10.5. The number of hydrogen-bond donors (Lipinski definition) is 3. The average Bonchev–Trinajstić information content (AvgIpc) is 2.09. The summed E-state index contributed by atoms with van der Waals surface area (Å²) in [5.74, 6) is -1.24. The first-order chi connectivity index (χ1) is 6.83. The molecule has 0 heterocycles. The molecule has 0 spiro atoms. The van der Waals surface area contributed by atoms with Gasteiger partial charge in [0.15, 0.2) is 5.25 Å². The van der Waals surface area contributed by atoms with Gasteiger partial charge in [-0.2, -0.15) is 0 Å². The van der Waals surface area contributed by atoms with Crippen molar-refractivity contribution in [2.75, 3.05) is 6.54 Å². The smallest absolute Gasteiger partial charge is 0.323 e. The number of aliphatic hydroxyl groups is 1. The van der Waals surface area contributed by atoms with E-state index in [1.165, 1.54) is 0 Å². The van der Waals surface area contributed by atoms with E-state index in [0.717, 1.165) is 6.92 Å². The zero-order valence-corrected chi connectivity index (χ0v) is 9.20. The summed E-state index contributed by atoms with van der Waals surface area (Å²) in [5.41, 5.74) is 0. The number of nitrogens with one attached hydrogen (secondary N) is 1. The van der Waals surface area contributed by atoms with Gasteiger partial charge in [-0.1, -0.05) is 0 Å². The number of aliphatic carboxylic acids is 1. The maximum atomic E-state index is 11.3. The molecule has 1 saturated carbocycles. The molecule has 7 heteroatoms. The van der Waals surface area contributed by atoms with Crippen LogP contribution in [0.1, 0.15) is 19.8 Å². The van der Waals surface area contributed by atoms with E-state index in [-0.39, 0.29) is 18.6 Å². The van der Waals surface area contributed by atoms with Gasteiger partial charge in [-0.3, -0.25) is 4.79 Å². The zero-order chi connectivity index (χ0) is 11.6. The van der Waals surface area contributed by atoms with E-state index in [1.54, 1.807) is 0 Å². The second-order valence-electron chi connectivity index (χ2n) is 3.87. The maximum absolute atomic E-state index is 11.3. The Labute approximate surface area is 88.3 Å². The van der Waals surface area contributed by atoms with Crippen molar-refractivity contribution < 1.29 is 23.4 Å². The SMILES string of the molecule is CC(C(=O)O)S(=O)(=O)NCC1CC(O)C1. The summed E-state index contributed by atoms with van der Waals surface area (Å²) in [6, 6.07) is 0. The summed E-state index contributed by atoms with van der Waals surface area (Å²) >= 11 is 0. The largest absolute Gasteiger partial charge is 0.480 e. The van der Waals surface area contributed by atoms with Crippen LogP contribution in [0.2, 0.25) is 0 Å². The van der Waals surface area contributed by atoms with Crippen LogP contribution in [-0.4, -0.2) is 42.5 Å². The molecule has 0 radical (unpaired) electrons. The summed E-state index contributed by atoms with van der Waals surface area (Å²) in [6.45, 7) is 1.33. The summed E-state index contributed by atoms with van der Waals surface area (Å²) in [6.07, 6.45) is 0.810. The van der Waals surface area contributed by atoms with E-state index in [0.29, 0.717) is 12.8 Å². The van der Waals surface area contributed by atoms with Crippen LogP contribution in [0, 0.1) is 5.92 Å². The molecule has 1 atom stereocenters. The predicted octanol–water partition coefficient (Wildman–Crippen LogP) is -0.850. The molecule has 1 rings (SSSR count). The molecule has 15 heavy (non-hydrogen) atoms. The lowest BCUT2D eigenvalue weighted by molar-refractivity contribution is -0.136. The number of carboxylic acid groups (broad SMARTS) is 1. The van der Waals surface area contributed by atoms with Gasteiger partial charge in [0.2, 0.25) is 10.0 Å². The van der Waals surface area contributed by atoms with Crippen LogP contribution in [0.3, 0.4) is 0 Å². The molecule has 0 aromatic heterocycles. The molecule has 0 aromatic rings. The lowest BCUT2D eigenvalue weighted by Gasteiger charge is -2.31. The number of rotatable bonds is 5. The monoisotopic (exact) mass is 237 g/mol. The van der Waals surface area contributed by atoms with Gasteiger partial charge < -0.3 is 10.2 Å². The van der Waals surface area contributed by atoms with Gasteiger partial charge in [-0.05, 0) is 25.7 Å². The van der Waals surface area contributed by atoms with E-state index >= 15 is 0 Å². The fourth-order valence-electron chi connectivity index (χ4n) is 1.36. The third-order valence-electron chi connectivity index (χ3n) is 2.60. The number of carboxylic acids is 1. The highest BCUT2D eigenvalue weighted by Gasteiger charge is 2.31. The molecule has 6 nitrogen and oxygen atoms in total. The van der Waals surface area contributed by atoms with E-state index in [4.69, 9.17) is 10.2 Å². The molecule has 0 amide bonds. The lowest BCUT2D eigenvalue weighted by Crippen LogP contribution is -2.43. The van der Waals surface area contributed by atoms with Crippen molar-refractivity contribution in [2.24, 2.45) is 5.92 Å². The van der Waals surface area contributed by atoms with Gasteiger partial charge in [0.25, 0.3) is 0 Å². The maximum Gasteiger partial charge on any atom is 0.323 e. The minimum Gasteiger partial charge on any atom is -0.480 e. The highest BCUT2D eigenvalue weighted by molar-refractivity contribution is 7.90. The molecule has 0 saturated heterocycles. The van der Waals surface area contributed by atoms with Gasteiger partial charge in [-0.15, -0.1) is 0 Å². The first-order valence-electron chi connectivity index (χ1n) is 4.72. The Bertz CT molecular complexity index is 333. The van der Waals surface area contributed by atoms with Crippen molar-refractivity contribution in [3.05, 3.63) is 0 Å². The first kappa shape index (κ1) is 12.4. The molecule has 1 fully saturated rings. The molecule has 0 bridgehead atoms. The Kier molecular flexibility index (Phi) is 3.69. The number of sulfonamides is 1. The normalized spacial score (nSPS) is 28.1. The topological polar surface area (TPSA) is 104 Å². The van der Waals surface area contributed by atoms with E-state index < -0.39 is 21.2 Å². The second-order valence-corrected chi connectivity index (χ2v) is 5.95.